The number of aromatic nitrogens is 1. The fourth-order valence-electron chi connectivity index (χ4n) is 2.85. The quantitative estimate of drug-likeness (QED) is 0.602. The Morgan fingerprint density at radius 3 is 2.29 bits per heavy atom. The lowest BCUT2D eigenvalue weighted by Crippen LogP contribution is -2.07. The molecule has 0 unspecified atom stereocenters. The molecule has 1 aromatic heterocycles. The van der Waals surface area contributed by atoms with E-state index in [1.54, 1.807) is 31.6 Å². The van der Waals surface area contributed by atoms with E-state index in [4.69, 9.17) is 14.2 Å². The van der Waals surface area contributed by atoms with Gasteiger partial charge in [-0.2, -0.15) is 0 Å². The number of rotatable bonds is 7. The van der Waals surface area contributed by atoms with Crippen LogP contribution in [0.3, 0.4) is 0 Å². The summed E-state index contributed by atoms with van der Waals surface area (Å²) in [6.07, 6.45) is 3.24. The van der Waals surface area contributed by atoms with Crippen molar-refractivity contribution >= 4 is 9.84 Å². The second-order valence-corrected chi connectivity index (χ2v) is 8.05. The van der Waals surface area contributed by atoms with Crippen LogP contribution in [0.2, 0.25) is 0 Å². The third kappa shape index (κ3) is 4.26. The Morgan fingerprint density at radius 1 is 0.821 bits per heavy atom. The summed E-state index contributed by atoms with van der Waals surface area (Å²) in [5.41, 5.74) is 2.28. The minimum atomic E-state index is -3.67. The van der Waals surface area contributed by atoms with Gasteiger partial charge >= 0.3 is 0 Å². The van der Waals surface area contributed by atoms with Gasteiger partial charge in [0.05, 0.1) is 27.1 Å². The molecule has 3 rings (SSSR count). The molecule has 3 aromatic rings. The zero-order chi connectivity index (χ0) is 20.1. The first kappa shape index (κ1) is 19.7. The van der Waals surface area contributed by atoms with Gasteiger partial charge in [0.15, 0.2) is 9.84 Å². The molecule has 1 heterocycles. The second-order valence-electron chi connectivity index (χ2n) is 6.09. The fraction of sp³-hybridized carbons (Fsp3) is 0.190. The van der Waals surface area contributed by atoms with E-state index in [0.29, 0.717) is 11.3 Å². The Kier molecular flexibility index (Phi) is 5.84. The lowest BCUT2D eigenvalue weighted by Gasteiger charge is -2.12. The summed E-state index contributed by atoms with van der Waals surface area (Å²) in [5.74, 6) is 1.23. The average Bonchev–Trinajstić information content (AvgIpc) is 2.73. The molecule has 28 heavy (non-hydrogen) atoms. The first-order valence-electron chi connectivity index (χ1n) is 8.50. The molecule has 0 spiro atoms. The number of hydrogen-bond donors (Lipinski definition) is 0. The predicted octanol–water partition coefficient (Wildman–Crippen LogP) is 3.75. The van der Waals surface area contributed by atoms with Crippen LogP contribution in [0.1, 0.15) is 5.56 Å². The Bertz CT molecular complexity index is 1080. The normalized spacial score (nSPS) is 11.1. The van der Waals surface area contributed by atoms with E-state index in [0.717, 1.165) is 16.9 Å². The Balaban J connectivity index is 1.95. The lowest BCUT2D eigenvalue weighted by atomic mass is 10.1. The van der Waals surface area contributed by atoms with Crippen molar-refractivity contribution in [3.8, 4) is 28.4 Å². The molecule has 146 valence electrons. The summed E-state index contributed by atoms with van der Waals surface area (Å²) in [6.45, 7) is 0. The monoisotopic (exact) mass is 399 g/mol. The van der Waals surface area contributed by atoms with Gasteiger partial charge in [-0.25, -0.2) is 8.42 Å². The molecule has 7 heteroatoms. The van der Waals surface area contributed by atoms with Crippen molar-refractivity contribution < 1.29 is 22.6 Å². The standard InChI is InChI=1S/C21H21NO5S/c1-25-18-6-4-5-16(10-18)17-9-15(12-22-13-17)14-28(23,24)21-11-19(26-2)7-8-20(21)27-3/h4-13H,14H2,1-3H3. The maximum absolute atomic E-state index is 13.0. The van der Waals surface area contributed by atoms with Crippen LogP contribution >= 0.6 is 0 Å². The number of sulfone groups is 1. The third-order valence-corrected chi connectivity index (χ3v) is 5.96. The maximum Gasteiger partial charge on any atom is 0.186 e. The van der Waals surface area contributed by atoms with E-state index in [1.807, 2.05) is 30.3 Å². The van der Waals surface area contributed by atoms with E-state index in [-0.39, 0.29) is 16.4 Å². The molecule has 0 fully saturated rings. The van der Waals surface area contributed by atoms with Crippen LogP contribution in [-0.4, -0.2) is 34.7 Å². The van der Waals surface area contributed by atoms with E-state index in [9.17, 15) is 8.42 Å². The van der Waals surface area contributed by atoms with Crippen molar-refractivity contribution in [1.82, 2.24) is 4.98 Å². The maximum atomic E-state index is 13.0. The van der Waals surface area contributed by atoms with Gasteiger partial charge in [-0.05, 0) is 41.5 Å². The van der Waals surface area contributed by atoms with E-state index >= 15 is 0 Å². The highest BCUT2D eigenvalue weighted by atomic mass is 32.2. The molecule has 0 aliphatic rings. The SMILES string of the molecule is COc1cccc(-c2cncc(CS(=O)(=O)c3cc(OC)ccc3OC)c2)c1. The largest absolute Gasteiger partial charge is 0.497 e. The van der Waals surface area contributed by atoms with Gasteiger partial charge in [0.25, 0.3) is 0 Å². The van der Waals surface area contributed by atoms with Crippen molar-refractivity contribution in [2.75, 3.05) is 21.3 Å². The molecule has 0 amide bonds. The van der Waals surface area contributed by atoms with Gasteiger partial charge in [-0.15, -0.1) is 0 Å². The predicted molar refractivity (Wildman–Crippen MR) is 107 cm³/mol. The van der Waals surface area contributed by atoms with Crippen LogP contribution < -0.4 is 14.2 Å². The summed E-state index contributed by atoms with van der Waals surface area (Å²) < 4.78 is 41.7. The zero-order valence-electron chi connectivity index (χ0n) is 15.9. The Morgan fingerprint density at radius 2 is 1.57 bits per heavy atom. The van der Waals surface area contributed by atoms with Gasteiger partial charge in [0.2, 0.25) is 0 Å². The first-order valence-corrected chi connectivity index (χ1v) is 10.1. The zero-order valence-corrected chi connectivity index (χ0v) is 16.7. The van der Waals surface area contributed by atoms with Crippen LogP contribution in [0.25, 0.3) is 11.1 Å². The Labute approximate surface area is 164 Å². The van der Waals surface area contributed by atoms with Gasteiger partial charge < -0.3 is 14.2 Å². The molecular formula is C21H21NO5S. The number of nitrogens with zero attached hydrogens (tertiary/aromatic N) is 1. The van der Waals surface area contributed by atoms with E-state index in [2.05, 4.69) is 4.98 Å². The smallest absolute Gasteiger partial charge is 0.186 e. The molecule has 6 nitrogen and oxygen atoms in total. The Hall–Kier alpha value is -3.06. The number of hydrogen-bond acceptors (Lipinski definition) is 6. The second kappa shape index (κ2) is 8.31. The third-order valence-electron chi connectivity index (χ3n) is 4.26. The molecule has 0 radical (unpaired) electrons. The van der Waals surface area contributed by atoms with Crippen molar-refractivity contribution in [3.63, 3.8) is 0 Å². The van der Waals surface area contributed by atoms with Crippen molar-refractivity contribution in [3.05, 3.63) is 66.5 Å². The molecule has 0 saturated heterocycles. The van der Waals surface area contributed by atoms with Gasteiger partial charge in [-0.3, -0.25) is 4.98 Å². The molecule has 0 aliphatic heterocycles. The molecule has 0 bridgehead atoms. The number of pyridine rings is 1. The lowest BCUT2D eigenvalue weighted by molar-refractivity contribution is 0.392. The highest BCUT2D eigenvalue weighted by Crippen LogP contribution is 2.31. The van der Waals surface area contributed by atoms with Crippen LogP contribution in [0, 0.1) is 0 Å². The van der Waals surface area contributed by atoms with Crippen LogP contribution in [0.5, 0.6) is 17.2 Å². The molecule has 0 atom stereocenters. The van der Waals surface area contributed by atoms with E-state index < -0.39 is 9.84 Å². The molecule has 2 aromatic carbocycles. The number of methoxy groups -OCH3 is 3. The summed E-state index contributed by atoms with van der Waals surface area (Å²) in [7, 11) is 0.851. The van der Waals surface area contributed by atoms with Gasteiger partial charge in [0.1, 0.15) is 22.1 Å². The minimum Gasteiger partial charge on any atom is -0.497 e. The van der Waals surface area contributed by atoms with Crippen LogP contribution in [0.4, 0.5) is 0 Å². The summed E-state index contributed by atoms with van der Waals surface area (Å²) >= 11 is 0. The van der Waals surface area contributed by atoms with Gasteiger partial charge in [0, 0.05) is 24.0 Å². The molecule has 0 N–H and O–H groups in total. The fourth-order valence-corrected chi connectivity index (χ4v) is 4.36. The summed E-state index contributed by atoms with van der Waals surface area (Å²) in [4.78, 5) is 4.29. The molecule has 0 saturated carbocycles. The minimum absolute atomic E-state index is 0.0844. The first-order chi connectivity index (χ1) is 13.5. The van der Waals surface area contributed by atoms with Crippen LogP contribution in [-0.2, 0) is 15.6 Å². The highest BCUT2D eigenvalue weighted by molar-refractivity contribution is 7.90. The number of ether oxygens (including phenoxy) is 3. The molecule has 0 aliphatic carbocycles. The van der Waals surface area contributed by atoms with Crippen LogP contribution in [0.15, 0.2) is 65.8 Å². The highest BCUT2D eigenvalue weighted by Gasteiger charge is 2.22. The molecular weight excluding hydrogens is 378 g/mol. The van der Waals surface area contributed by atoms with Crippen molar-refractivity contribution in [2.24, 2.45) is 0 Å². The van der Waals surface area contributed by atoms with Gasteiger partial charge in [-0.1, -0.05) is 12.1 Å². The van der Waals surface area contributed by atoms with Crippen molar-refractivity contribution in [1.29, 1.82) is 0 Å². The summed E-state index contributed by atoms with van der Waals surface area (Å²) in [6, 6.07) is 14.0. The van der Waals surface area contributed by atoms with Crippen molar-refractivity contribution in [2.45, 2.75) is 10.6 Å². The van der Waals surface area contributed by atoms with E-state index in [1.165, 1.54) is 20.3 Å². The topological polar surface area (TPSA) is 74.7 Å². The summed E-state index contributed by atoms with van der Waals surface area (Å²) in [5, 5.41) is 0. The number of benzene rings is 2. The average molecular weight is 399 g/mol.